The van der Waals surface area contributed by atoms with Crippen LogP contribution in [0.2, 0.25) is 0 Å². The Labute approximate surface area is 99.1 Å². The van der Waals surface area contributed by atoms with Crippen molar-refractivity contribution in [3.8, 4) is 0 Å². The van der Waals surface area contributed by atoms with Gasteiger partial charge in [-0.3, -0.25) is 0 Å². The summed E-state index contributed by atoms with van der Waals surface area (Å²) in [6.45, 7) is 12.0. The van der Waals surface area contributed by atoms with Gasteiger partial charge < -0.3 is 10.7 Å². The van der Waals surface area contributed by atoms with Crippen LogP contribution in [0.4, 0.5) is 5.95 Å². The van der Waals surface area contributed by atoms with Crippen LogP contribution >= 0.6 is 0 Å². The Kier molecular flexibility index (Phi) is 12.2. The van der Waals surface area contributed by atoms with Gasteiger partial charge in [0.1, 0.15) is 0 Å². The number of anilines is 1. The number of nitrogens with one attached hydrogen (secondary N) is 1. The average molecular weight is 223 g/mol. The second-order valence-electron chi connectivity index (χ2n) is 2.14. The Bertz CT molecular complexity index is 320. The molecule has 0 spiro atoms. The fourth-order valence-corrected chi connectivity index (χ4v) is 0.973. The van der Waals surface area contributed by atoms with E-state index in [1.54, 1.807) is 0 Å². The Morgan fingerprint density at radius 2 is 1.44 bits per heavy atom. The molecule has 0 radical (unpaired) electrons. The maximum atomic E-state index is 5.42. The summed E-state index contributed by atoms with van der Waals surface area (Å²) in [5.74, 6) is 0.473. The molecule has 3 nitrogen and oxygen atoms in total. The smallest absolute Gasteiger partial charge is 0.198 e. The van der Waals surface area contributed by atoms with Crippen LogP contribution in [0.1, 0.15) is 41.5 Å². The maximum absolute atomic E-state index is 5.42. The van der Waals surface area contributed by atoms with Crippen LogP contribution in [0, 0.1) is 0 Å². The molecular formula is C13H25N3. The number of aromatic amines is 1. The van der Waals surface area contributed by atoms with Gasteiger partial charge in [0.25, 0.3) is 0 Å². The van der Waals surface area contributed by atoms with Gasteiger partial charge in [-0.05, 0) is 12.1 Å². The second-order valence-corrected chi connectivity index (χ2v) is 2.14. The molecule has 0 unspecified atom stereocenters. The van der Waals surface area contributed by atoms with Crippen LogP contribution in [-0.4, -0.2) is 9.97 Å². The number of benzene rings is 1. The summed E-state index contributed by atoms with van der Waals surface area (Å²) in [5, 5.41) is 0. The predicted molar refractivity (Wildman–Crippen MR) is 74.6 cm³/mol. The number of hydrogen-bond acceptors (Lipinski definition) is 2. The number of nitrogens with zero attached hydrogens (tertiary/aromatic N) is 1. The lowest BCUT2D eigenvalue weighted by molar-refractivity contribution is 1.35. The Morgan fingerprint density at radius 1 is 0.938 bits per heavy atom. The largest absolute Gasteiger partial charge is 0.369 e. The van der Waals surface area contributed by atoms with E-state index in [1.807, 2.05) is 65.8 Å². The Hall–Kier alpha value is -1.51. The zero-order valence-electron chi connectivity index (χ0n) is 11.3. The first-order chi connectivity index (χ1) is 7.86. The number of imidazole rings is 1. The minimum atomic E-state index is 0.473. The van der Waals surface area contributed by atoms with Crippen LogP contribution in [-0.2, 0) is 0 Å². The lowest BCUT2D eigenvalue weighted by atomic mass is 10.3. The summed E-state index contributed by atoms with van der Waals surface area (Å²) in [5.41, 5.74) is 7.33. The van der Waals surface area contributed by atoms with E-state index in [1.165, 1.54) is 0 Å². The highest BCUT2D eigenvalue weighted by Gasteiger charge is 1.94. The van der Waals surface area contributed by atoms with Crippen molar-refractivity contribution in [2.45, 2.75) is 41.5 Å². The van der Waals surface area contributed by atoms with Crippen molar-refractivity contribution >= 4 is 17.0 Å². The molecule has 0 saturated heterocycles. The third-order valence-corrected chi connectivity index (χ3v) is 1.41. The molecule has 3 heteroatoms. The normalized spacial score (nSPS) is 7.62. The van der Waals surface area contributed by atoms with Crippen molar-refractivity contribution in [2.75, 3.05) is 5.73 Å². The summed E-state index contributed by atoms with van der Waals surface area (Å²) in [6, 6.07) is 7.74. The van der Waals surface area contributed by atoms with E-state index in [0.29, 0.717) is 5.95 Å². The molecule has 0 aliphatic carbocycles. The van der Waals surface area contributed by atoms with Crippen molar-refractivity contribution < 1.29 is 0 Å². The quantitative estimate of drug-likeness (QED) is 0.702. The number of nitrogens with two attached hydrogens (primary N) is 1. The van der Waals surface area contributed by atoms with E-state index in [2.05, 4.69) is 9.97 Å². The van der Waals surface area contributed by atoms with Gasteiger partial charge in [0.2, 0.25) is 0 Å². The Balaban J connectivity index is 0. The van der Waals surface area contributed by atoms with E-state index in [-0.39, 0.29) is 0 Å². The van der Waals surface area contributed by atoms with Crippen molar-refractivity contribution in [3.63, 3.8) is 0 Å². The van der Waals surface area contributed by atoms with Gasteiger partial charge in [0.15, 0.2) is 5.95 Å². The number of hydrogen-bond donors (Lipinski definition) is 2. The predicted octanol–water partition coefficient (Wildman–Crippen LogP) is 4.22. The van der Waals surface area contributed by atoms with E-state index < -0.39 is 0 Å². The molecular weight excluding hydrogens is 198 g/mol. The van der Waals surface area contributed by atoms with E-state index in [4.69, 9.17) is 5.73 Å². The standard InChI is InChI=1S/C7H7N3.3C2H6/c8-7-9-5-3-1-2-4-6(5)10-7;3*1-2/h1-4H,(H3,8,9,10);3*1-2H3. The molecule has 0 aliphatic heterocycles. The van der Waals surface area contributed by atoms with Gasteiger partial charge in [0.05, 0.1) is 11.0 Å². The zero-order chi connectivity index (χ0) is 13.0. The number of H-pyrrole nitrogens is 1. The highest BCUT2D eigenvalue weighted by molar-refractivity contribution is 5.76. The molecule has 1 heterocycles. The SMILES string of the molecule is CC.CC.CC.Nc1nc2ccccc2[nH]1. The number of fused-ring (bicyclic) bond motifs is 1. The first-order valence-electron chi connectivity index (χ1n) is 6.06. The first-order valence-corrected chi connectivity index (χ1v) is 6.06. The van der Waals surface area contributed by atoms with Gasteiger partial charge in [-0.15, -0.1) is 0 Å². The highest BCUT2D eigenvalue weighted by atomic mass is 15.0. The number of aromatic nitrogens is 2. The number of para-hydroxylation sites is 2. The molecule has 3 N–H and O–H groups in total. The Morgan fingerprint density at radius 3 is 1.94 bits per heavy atom. The van der Waals surface area contributed by atoms with Gasteiger partial charge >= 0.3 is 0 Å². The minimum Gasteiger partial charge on any atom is -0.369 e. The molecule has 2 aromatic rings. The van der Waals surface area contributed by atoms with Crippen LogP contribution < -0.4 is 5.73 Å². The fourth-order valence-electron chi connectivity index (χ4n) is 0.973. The molecule has 1 aromatic carbocycles. The lowest BCUT2D eigenvalue weighted by Gasteiger charge is -1.81. The molecule has 16 heavy (non-hydrogen) atoms. The molecule has 0 saturated carbocycles. The summed E-state index contributed by atoms with van der Waals surface area (Å²) in [6.07, 6.45) is 0. The van der Waals surface area contributed by atoms with Gasteiger partial charge in [-0.25, -0.2) is 4.98 Å². The summed E-state index contributed by atoms with van der Waals surface area (Å²) in [4.78, 5) is 6.96. The molecule has 0 atom stereocenters. The summed E-state index contributed by atoms with van der Waals surface area (Å²) >= 11 is 0. The van der Waals surface area contributed by atoms with E-state index in [9.17, 15) is 0 Å². The minimum absolute atomic E-state index is 0.473. The van der Waals surface area contributed by atoms with Crippen LogP contribution in [0.5, 0.6) is 0 Å². The molecule has 1 aromatic heterocycles. The van der Waals surface area contributed by atoms with Crippen molar-refractivity contribution in [2.24, 2.45) is 0 Å². The topological polar surface area (TPSA) is 54.7 Å². The lowest BCUT2D eigenvalue weighted by Crippen LogP contribution is -1.84. The van der Waals surface area contributed by atoms with E-state index >= 15 is 0 Å². The van der Waals surface area contributed by atoms with Gasteiger partial charge in [-0.2, -0.15) is 0 Å². The second kappa shape index (κ2) is 11.6. The van der Waals surface area contributed by atoms with Crippen molar-refractivity contribution in [3.05, 3.63) is 24.3 Å². The number of rotatable bonds is 0. The third kappa shape index (κ3) is 5.39. The van der Waals surface area contributed by atoms with Crippen molar-refractivity contribution in [1.82, 2.24) is 9.97 Å². The molecule has 0 amide bonds. The summed E-state index contributed by atoms with van der Waals surface area (Å²) < 4.78 is 0. The highest BCUT2D eigenvalue weighted by Crippen LogP contribution is 2.10. The average Bonchev–Trinajstić information content (AvgIpc) is 2.76. The molecule has 0 bridgehead atoms. The summed E-state index contributed by atoms with van der Waals surface area (Å²) in [7, 11) is 0. The third-order valence-electron chi connectivity index (χ3n) is 1.41. The number of nitrogen functional groups attached to an aromatic ring is 1. The van der Waals surface area contributed by atoms with Gasteiger partial charge in [-0.1, -0.05) is 53.7 Å². The monoisotopic (exact) mass is 223 g/mol. The van der Waals surface area contributed by atoms with Gasteiger partial charge in [0, 0.05) is 0 Å². The zero-order valence-corrected chi connectivity index (χ0v) is 11.3. The van der Waals surface area contributed by atoms with Crippen LogP contribution in [0.25, 0.3) is 11.0 Å². The molecule has 2 rings (SSSR count). The van der Waals surface area contributed by atoms with E-state index in [0.717, 1.165) is 11.0 Å². The van der Waals surface area contributed by atoms with Crippen LogP contribution in [0.3, 0.4) is 0 Å². The molecule has 0 fully saturated rings. The van der Waals surface area contributed by atoms with Crippen LogP contribution in [0.15, 0.2) is 24.3 Å². The fraction of sp³-hybridized carbons (Fsp3) is 0.462. The molecule has 0 aliphatic rings. The van der Waals surface area contributed by atoms with Crippen molar-refractivity contribution in [1.29, 1.82) is 0 Å². The molecule has 92 valence electrons. The first kappa shape index (κ1) is 16.9. The maximum Gasteiger partial charge on any atom is 0.198 e.